The number of rotatable bonds is 5. The van der Waals surface area contributed by atoms with Crippen LogP contribution in [0.15, 0.2) is 36.5 Å². The molecule has 1 aromatic carbocycles. The maximum Gasteiger partial charge on any atom is 0.237 e. The van der Waals surface area contributed by atoms with E-state index >= 15 is 0 Å². The van der Waals surface area contributed by atoms with Crippen molar-refractivity contribution in [3.05, 3.63) is 53.3 Å². The van der Waals surface area contributed by atoms with Gasteiger partial charge in [-0.3, -0.25) is 14.4 Å². The average Bonchev–Trinajstić information content (AvgIpc) is 3.10. The fraction of sp³-hybridized carbons (Fsp3) is 0.524. The van der Waals surface area contributed by atoms with Gasteiger partial charge in [0.1, 0.15) is 6.10 Å². The molecule has 2 aromatic rings. The van der Waals surface area contributed by atoms with Gasteiger partial charge in [0.25, 0.3) is 0 Å². The highest BCUT2D eigenvalue weighted by Crippen LogP contribution is 2.26. The molecule has 1 fully saturated rings. The largest absolute Gasteiger partial charge is 0.370 e. The van der Waals surface area contributed by atoms with Crippen molar-refractivity contribution in [3.63, 3.8) is 0 Å². The van der Waals surface area contributed by atoms with Gasteiger partial charge in [0.05, 0.1) is 24.9 Å². The van der Waals surface area contributed by atoms with Gasteiger partial charge in [-0.25, -0.2) is 0 Å². The molecule has 3 heterocycles. The third-order valence-corrected chi connectivity index (χ3v) is 5.59. The Morgan fingerprint density at radius 2 is 2.15 bits per heavy atom. The van der Waals surface area contributed by atoms with E-state index in [4.69, 9.17) is 9.84 Å². The monoisotopic (exact) mass is 368 g/mol. The number of ether oxygens (including phenoxy) is 1. The number of likely N-dealkylation sites (tertiary alicyclic amines) is 1. The van der Waals surface area contributed by atoms with Gasteiger partial charge in [-0.1, -0.05) is 36.8 Å². The molecule has 6 nitrogen and oxygen atoms in total. The van der Waals surface area contributed by atoms with E-state index < -0.39 is 0 Å². The molecule has 4 rings (SSSR count). The topological polar surface area (TPSA) is 59.4 Å². The first-order valence-corrected chi connectivity index (χ1v) is 9.90. The summed E-state index contributed by atoms with van der Waals surface area (Å²) < 4.78 is 7.91. The number of benzene rings is 1. The number of piperidine rings is 1. The lowest BCUT2D eigenvalue weighted by atomic mass is 10.0. The first-order valence-electron chi connectivity index (χ1n) is 9.90. The summed E-state index contributed by atoms with van der Waals surface area (Å²) in [4.78, 5) is 14.7. The maximum atomic E-state index is 12.6. The molecule has 1 amide bonds. The third kappa shape index (κ3) is 4.22. The van der Waals surface area contributed by atoms with E-state index in [1.54, 1.807) is 0 Å². The van der Waals surface area contributed by atoms with Crippen molar-refractivity contribution in [2.24, 2.45) is 0 Å². The number of fused-ring (bicyclic) bond motifs is 1. The lowest BCUT2D eigenvalue weighted by molar-refractivity contribution is -0.127. The zero-order valence-corrected chi connectivity index (χ0v) is 15.9. The highest BCUT2D eigenvalue weighted by molar-refractivity contribution is 5.81. The van der Waals surface area contributed by atoms with E-state index in [1.807, 2.05) is 29.9 Å². The van der Waals surface area contributed by atoms with Crippen LogP contribution < -0.4 is 5.32 Å². The van der Waals surface area contributed by atoms with Crippen molar-refractivity contribution in [1.82, 2.24) is 20.0 Å². The van der Waals surface area contributed by atoms with Gasteiger partial charge in [-0.15, -0.1) is 0 Å². The van der Waals surface area contributed by atoms with Gasteiger partial charge in [-0.2, -0.15) is 5.10 Å². The maximum absolute atomic E-state index is 12.6. The highest BCUT2D eigenvalue weighted by atomic mass is 16.5. The molecule has 0 unspecified atom stereocenters. The quantitative estimate of drug-likeness (QED) is 0.879. The van der Waals surface area contributed by atoms with Crippen LogP contribution >= 0.6 is 0 Å². The van der Waals surface area contributed by atoms with Crippen LogP contribution in [0, 0.1) is 0 Å². The van der Waals surface area contributed by atoms with Gasteiger partial charge < -0.3 is 10.1 Å². The van der Waals surface area contributed by atoms with Crippen LogP contribution in [0.25, 0.3) is 0 Å². The molecule has 2 aliphatic heterocycles. The smallest absolute Gasteiger partial charge is 0.237 e. The van der Waals surface area contributed by atoms with Crippen LogP contribution in [0.2, 0.25) is 0 Å². The Morgan fingerprint density at radius 3 is 2.96 bits per heavy atom. The summed E-state index contributed by atoms with van der Waals surface area (Å²) in [5.41, 5.74) is 3.42. The number of aromatic nitrogens is 2. The molecule has 144 valence electrons. The van der Waals surface area contributed by atoms with Gasteiger partial charge >= 0.3 is 0 Å². The molecule has 27 heavy (non-hydrogen) atoms. The number of hydrogen-bond acceptors (Lipinski definition) is 4. The molecule has 2 atom stereocenters. The Morgan fingerprint density at radius 1 is 1.30 bits per heavy atom. The zero-order chi connectivity index (χ0) is 18.6. The number of carbonyl (C=O) groups excluding carboxylic acids is 1. The number of nitrogens with one attached hydrogen (secondary N) is 1. The second kappa shape index (κ2) is 8.23. The standard InChI is InChI=1S/C21H28N4O2/c1-24-11-6-5-9-18(24)21(26)22-13-19-20-17(10-12-27-19)15-25(23-20)14-16-7-3-2-4-8-16/h2-4,7-8,15,18-19H,5-6,9-14H2,1H3,(H,22,26)/t18-,19-/m1/s1. The highest BCUT2D eigenvalue weighted by Gasteiger charge is 2.29. The second-order valence-corrected chi connectivity index (χ2v) is 7.57. The number of amides is 1. The lowest BCUT2D eigenvalue weighted by Gasteiger charge is -2.32. The average molecular weight is 368 g/mol. The van der Waals surface area contributed by atoms with Crippen molar-refractivity contribution in [2.45, 2.75) is 44.4 Å². The van der Waals surface area contributed by atoms with Crippen LogP contribution in [0.5, 0.6) is 0 Å². The van der Waals surface area contributed by atoms with Crippen molar-refractivity contribution in [3.8, 4) is 0 Å². The molecule has 0 aliphatic carbocycles. The van der Waals surface area contributed by atoms with Gasteiger partial charge in [0, 0.05) is 12.7 Å². The third-order valence-electron chi connectivity index (χ3n) is 5.59. The molecule has 0 radical (unpaired) electrons. The van der Waals surface area contributed by atoms with Crippen molar-refractivity contribution < 1.29 is 9.53 Å². The minimum absolute atomic E-state index is 0.0163. The van der Waals surface area contributed by atoms with Crippen molar-refractivity contribution in [1.29, 1.82) is 0 Å². The fourth-order valence-electron chi connectivity index (χ4n) is 4.06. The molecular formula is C21H28N4O2. The predicted octanol–water partition coefficient (Wildman–Crippen LogP) is 2.15. The minimum Gasteiger partial charge on any atom is -0.370 e. The normalized spacial score (nSPS) is 23.0. The summed E-state index contributed by atoms with van der Waals surface area (Å²) in [6.45, 7) is 2.90. The molecule has 1 saturated heterocycles. The molecule has 0 bridgehead atoms. The Kier molecular flexibility index (Phi) is 5.55. The molecule has 1 N–H and O–H groups in total. The van der Waals surface area contributed by atoms with E-state index in [1.165, 1.54) is 17.5 Å². The van der Waals surface area contributed by atoms with Crippen LogP contribution in [-0.4, -0.2) is 53.4 Å². The summed E-state index contributed by atoms with van der Waals surface area (Å²) >= 11 is 0. The summed E-state index contributed by atoms with van der Waals surface area (Å²) in [6.07, 6.45) is 6.06. The van der Waals surface area contributed by atoms with Gasteiger partial charge in [0.2, 0.25) is 5.91 Å². The van der Waals surface area contributed by atoms with Crippen LogP contribution in [0.4, 0.5) is 0 Å². The minimum atomic E-state index is -0.163. The number of likely N-dealkylation sites (N-methyl/N-ethyl adjacent to an activating group) is 1. The molecule has 1 aromatic heterocycles. The fourth-order valence-corrected chi connectivity index (χ4v) is 4.06. The number of nitrogens with zero attached hydrogens (tertiary/aromatic N) is 3. The number of hydrogen-bond donors (Lipinski definition) is 1. The summed E-state index contributed by atoms with van der Waals surface area (Å²) in [6, 6.07) is 10.3. The van der Waals surface area contributed by atoms with E-state index in [9.17, 15) is 4.79 Å². The molecule has 0 spiro atoms. The first-order chi connectivity index (χ1) is 13.2. The van der Waals surface area contributed by atoms with Crippen molar-refractivity contribution in [2.75, 3.05) is 26.7 Å². The van der Waals surface area contributed by atoms with Crippen LogP contribution in [0.1, 0.15) is 42.2 Å². The van der Waals surface area contributed by atoms with Crippen LogP contribution in [0.3, 0.4) is 0 Å². The lowest BCUT2D eigenvalue weighted by Crippen LogP contribution is -2.48. The van der Waals surface area contributed by atoms with Gasteiger partial charge in [-0.05, 0) is 44.0 Å². The van der Waals surface area contributed by atoms with Crippen molar-refractivity contribution >= 4 is 5.91 Å². The van der Waals surface area contributed by atoms with E-state index in [0.717, 1.165) is 38.0 Å². The Balaban J connectivity index is 1.40. The van der Waals surface area contributed by atoms with E-state index in [-0.39, 0.29) is 18.1 Å². The van der Waals surface area contributed by atoms with Gasteiger partial charge in [0.15, 0.2) is 0 Å². The Bertz CT molecular complexity index is 774. The van der Waals surface area contributed by atoms with Crippen LogP contribution in [-0.2, 0) is 22.5 Å². The molecular weight excluding hydrogens is 340 g/mol. The SMILES string of the molecule is CN1CCCC[C@@H]1C(=O)NC[C@H]1OCCc2cn(Cc3ccccc3)nc21. The zero-order valence-electron chi connectivity index (χ0n) is 15.9. The Hall–Kier alpha value is -2.18. The molecule has 2 aliphatic rings. The summed E-state index contributed by atoms with van der Waals surface area (Å²) in [7, 11) is 2.03. The number of carbonyl (C=O) groups is 1. The molecule has 0 saturated carbocycles. The Labute approximate surface area is 160 Å². The first kappa shape index (κ1) is 18.2. The second-order valence-electron chi connectivity index (χ2n) is 7.57. The summed E-state index contributed by atoms with van der Waals surface area (Å²) in [5, 5.41) is 7.86. The van der Waals surface area contributed by atoms with E-state index in [2.05, 4.69) is 28.5 Å². The van der Waals surface area contributed by atoms with E-state index in [0.29, 0.717) is 13.2 Å². The molecule has 6 heteroatoms. The predicted molar refractivity (Wildman–Crippen MR) is 103 cm³/mol. The summed E-state index contributed by atoms with van der Waals surface area (Å²) in [5.74, 6) is 0.108.